The number of nitrogens with zero attached hydrogens (tertiary/aromatic N) is 2. The molecule has 1 fully saturated rings. The molecule has 1 atom stereocenters. The number of aromatic amines is 1. The Balaban J connectivity index is 2.11. The van der Waals surface area contributed by atoms with Gasteiger partial charge in [-0.2, -0.15) is 0 Å². The molecule has 1 aliphatic heterocycles. The van der Waals surface area contributed by atoms with Crippen molar-refractivity contribution < 1.29 is 0 Å². The van der Waals surface area contributed by atoms with E-state index in [1.165, 1.54) is 6.42 Å². The number of terminal acetylenes is 1. The van der Waals surface area contributed by atoms with Crippen molar-refractivity contribution in [3.05, 3.63) is 18.2 Å². The third-order valence-electron chi connectivity index (χ3n) is 2.49. The normalized spacial score (nSPS) is 23.2. The summed E-state index contributed by atoms with van der Waals surface area (Å²) in [5.74, 6) is 3.73. The van der Waals surface area contributed by atoms with E-state index in [1.54, 1.807) is 6.20 Å². The van der Waals surface area contributed by atoms with Crippen molar-refractivity contribution in [1.29, 1.82) is 0 Å². The molecular weight excluding hydrogens is 162 g/mol. The average Bonchev–Trinajstić information content (AvgIpc) is 2.71. The van der Waals surface area contributed by atoms with E-state index in [4.69, 9.17) is 6.42 Å². The summed E-state index contributed by atoms with van der Waals surface area (Å²) in [5.41, 5.74) is 0. The van der Waals surface area contributed by atoms with Crippen LogP contribution in [0.3, 0.4) is 0 Å². The topological polar surface area (TPSA) is 31.9 Å². The maximum atomic E-state index is 5.30. The van der Waals surface area contributed by atoms with E-state index in [9.17, 15) is 0 Å². The number of imidazole rings is 1. The van der Waals surface area contributed by atoms with E-state index < -0.39 is 0 Å². The summed E-state index contributed by atoms with van der Waals surface area (Å²) < 4.78 is 0. The van der Waals surface area contributed by atoms with Crippen LogP contribution in [0, 0.1) is 12.3 Å². The first kappa shape index (κ1) is 8.33. The van der Waals surface area contributed by atoms with E-state index in [2.05, 4.69) is 20.8 Å². The first-order valence-corrected chi connectivity index (χ1v) is 4.58. The van der Waals surface area contributed by atoms with Gasteiger partial charge in [-0.25, -0.2) is 4.98 Å². The Morgan fingerprint density at radius 2 is 2.69 bits per heavy atom. The smallest absolute Gasteiger partial charge is 0.123 e. The number of hydrogen-bond donors (Lipinski definition) is 1. The summed E-state index contributed by atoms with van der Waals surface area (Å²) in [6, 6.07) is 0.408. The summed E-state index contributed by atoms with van der Waals surface area (Å²) in [7, 11) is 0. The van der Waals surface area contributed by atoms with Gasteiger partial charge in [-0.1, -0.05) is 5.92 Å². The molecule has 0 spiro atoms. The fraction of sp³-hybridized carbons (Fsp3) is 0.500. The largest absolute Gasteiger partial charge is 0.347 e. The van der Waals surface area contributed by atoms with Crippen LogP contribution < -0.4 is 0 Å². The number of H-pyrrole nitrogens is 1. The second-order valence-electron chi connectivity index (χ2n) is 3.31. The molecule has 1 aromatic rings. The molecule has 3 nitrogen and oxygen atoms in total. The molecule has 1 unspecified atom stereocenters. The Labute approximate surface area is 78.2 Å². The van der Waals surface area contributed by atoms with Crippen molar-refractivity contribution >= 4 is 0 Å². The Morgan fingerprint density at radius 1 is 1.77 bits per heavy atom. The number of nitrogens with one attached hydrogen (secondary N) is 1. The van der Waals surface area contributed by atoms with Gasteiger partial charge in [0.1, 0.15) is 5.82 Å². The first-order chi connectivity index (χ1) is 6.42. The minimum absolute atomic E-state index is 0.408. The lowest BCUT2D eigenvalue weighted by molar-refractivity contribution is 0.281. The van der Waals surface area contributed by atoms with E-state index in [0.717, 1.165) is 25.3 Å². The first-order valence-electron chi connectivity index (χ1n) is 4.58. The lowest BCUT2D eigenvalue weighted by Crippen LogP contribution is -2.24. The molecule has 1 aromatic heterocycles. The molecule has 0 aromatic carbocycles. The molecule has 0 saturated carbocycles. The second kappa shape index (κ2) is 3.63. The molecule has 0 aliphatic carbocycles. The molecule has 68 valence electrons. The Kier molecular flexibility index (Phi) is 2.33. The molecule has 1 saturated heterocycles. The molecule has 3 heteroatoms. The van der Waals surface area contributed by atoms with Crippen molar-refractivity contribution in [2.75, 3.05) is 13.1 Å². The highest BCUT2D eigenvalue weighted by atomic mass is 15.2. The number of likely N-dealkylation sites (tertiary alicyclic amines) is 1. The molecule has 0 bridgehead atoms. The average molecular weight is 175 g/mol. The van der Waals surface area contributed by atoms with Crippen molar-refractivity contribution in [1.82, 2.24) is 14.9 Å². The SMILES string of the molecule is C#CCN1CCCC1c1ncc[nH]1. The second-order valence-corrected chi connectivity index (χ2v) is 3.31. The van der Waals surface area contributed by atoms with Crippen LogP contribution in [0.2, 0.25) is 0 Å². The highest BCUT2D eigenvalue weighted by molar-refractivity contribution is 5.02. The molecular formula is C10H13N3. The van der Waals surface area contributed by atoms with Crippen molar-refractivity contribution in [2.24, 2.45) is 0 Å². The third-order valence-corrected chi connectivity index (χ3v) is 2.49. The zero-order valence-electron chi connectivity index (χ0n) is 7.53. The van der Waals surface area contributed by atoms with Crippen LogP contribution >= 0.6 is 0 Å². The lowest BCUT2D eigenvalue weighted by atomic mass is 10.2. The number of hydrogen-bond acceptors (Lipinski definition) is 2. The molecule has 2 heterocycles. The predicted octanol–water partition coefficient (Wildman–Crippen LogP) is 1.18. The maximum Gasteiger partial charge on any atom is 0.123 e. The minimum atomic E-state index is 0.408. The van der Waals surface area contributed by atoms with Crippen LogP contribution in [-0.2, 0) is 0 Å². The summed E-state index contributed by atoms with van der Waals surface area (Å²) in [5, 5.41) is 0. The highest BCUT2D eigenvalue weighted by Crippen LogP contribution is 2.28. The molecule has 1 aliphatic rings. The Bertz CT molecular complexity index is 296. The van der Waals surface area contributed by atoms with Crippen LogP contribution in [-0.4, -0.2) is 28.0 Å². The van der Waals surface area contributed by atoms with Crippen molar-refractivity contribution in [3.63, 3.8) is 0 Å². The fourth-order valence-corrected chi connectivity index (χ4v) is 1.90. The molecule has 2 rings (SSSR count). The van der Waals surface area contributed by atoms with Crippen molar-refractivity contribution in [2.45, 2.75) is 18.9 Å². The van der Waals surface area contributed by atoms with Gasteiger partial charge in [0.2, 0.25) is 0 Å². The zero-order chi connectivity index (χ0) is 9.10. The van der Waals surface area contributed by atoms with Crippen molar-refractivity contribution in [3.8, 4) is 12.3 Å². The monoisotopic (exact) mass is 175 g/mol. The van der Waals surface area contributed by atoms with Gasteiger partial charge in [-0.05, 0) is 19.4 Å². The van der Waals surface area contributed by atoms with Gasteiger partial charge in [-0.15, -0.1) is 6.42 Å². The zero-order valence-corrected chi connectivity index (χ0v) is 7.53. The van der Waals surface area contributed by atoms with Gasteiger partial charge in [0, 0.05) is 12.4 Å². The number of rotatable bonds is 2. The summed E-state index contributed by atoms with van der Waals surface area (Å²) in [4.78, 5) is 9.70. The van der Waals surface area contributed by atoms with Gasteiger partial charge in [0.25, 0.3) is 0 Å². The van der Waals surface area contributed by atoms with Crippen LogP contribution in [0.1, 0.15) is 24.7 Å². The van der Waals surface area contributed by atoms with Gasteiger partial charge in [0.15, 0.2) is 0 Å². The van der Waals surface area contributed by atoms with E-state index in [-0.39, 0.29) is 0 Å². The quantitative estimate of drug-likeness (QED) is 0.684. The summed E-state index contributed by atoms with van der Waals surface area (Å²) in [6.45, 7) is 1.82. The number of aromatic nitrogens is 2. The summed E-state index contributed by atoms with van der Waals surface area (Å²) in [6.07, 6.45) is 11.3. The van der Waals surface area contributed by atoms with E-state index in [1.807, 2.05) is 6.20 Å². The highest BCUT2D eigenvalue weighted by Gasteiger charge is 2.26. The molecule has 13 heavy (non-hydrogen) atoms. The van der Waals surface area contributed by atoms with Gasteiger partial charge in [0.05, 0.1) is 12.6 Å². The molecule has 0 radical (unpaired) electrons. The minimum Gasteiger partial charge on any atom is -0.347 e. The standard InChI is InChI=1S/C10H13N3/c1-2-7-13-8-3-4-9(13)10-11-5-6-12-10/h1,5-6,9H,3-4,7-8H2,(H,11,12). The lowest BCUT2D eigenvalue weighted by Gasteiger charge is -2.19. The Hall–Kier alpha value is -1.27. The van der Waals surface area contributed by atoms with E-state index in [0.29, 0.717) is 6.04 Å². The van der Waals surface area contributed by atoms with Crippen LogP contribution in [0.25, 0.3) is 0 Å². The van der Waals surface area contributed by atoms with Gasteiger partial charge < -0.3 is 4.98 Å². The molecule has 1 N–H and O–H groups in total. The van der Waals surface area contributed by atoms with Gasteiger partial charge >= 0.3 is 0 Å². The van der Waals surface area contributed by atoms with Gasteiger partial charge in [-0.3, -0.25) is 4.90 Å². The van der Waals surface area contributed by atoms with Crippen LogP contribution in [0.15, 0.2) is 12.4 Å². The van der Waals surface area contributed by atoms with E-state index >= 15 is 0 Å². The summed E-state index contributed by atoms with van der Waals surface area (Å²) >= 11 is 0. The molecule has 0 amide bonds. The Morgan fingerprint density at radius 3 is 3.38 bits per heavy atom. The van der Waals surface area contributed by atoms with Crippen LogP contribution in [0.4, 0.5) is 0 Å². The maximum absolute atomic E-state index is 5.30. The van der Waals surface area contributed by atoms with Crippen LogP contribution in [0.5, 0.6) is 0 Å². The fourth-order valence-electron chi connectivity index (χ4n) is 1.90. The predicted molar refractivity (Wildman–Crippen MR) is 51.0 cm³/mol. The third kappa shape index (κ3) is 1.58.